The maximum Gasteiger partial charge on any atom is 0.239 e. The average Bonchev–Trinajstić information content (AvgIpc) is 2.49. The minimum absolute atomic E-state index is 0.0219. The van der Waals surface area contributed by atoms with Gasteiger partial charge in [-0.2, -0.15) is 0 Å². The van der Waals surface area contributed by atoms with Crippen molar-refractivity contribution in [1.82, 2.24) is 0 Å². The summed E-state index contributed by atoms with van der Waals surface area (Å²) in [6.45, 7) is 4.05. The zero-order valence-corrected chi connectivity index (χ0v) is 15.5. The molecule has 4 nitrogen and oxygen atoms in total. The van der Waals surface area contributed by atoms with Crippen molar-refractivity contribution in [2.45, 2.75) is 25.5 Å². The predicted molar refractivity (Wildman–Crippen MR) is 98.1 cm³/mol. The highest BCUT2D eigenvalue weighted by Crippen LogP contribution is 2.21. The van der Waals surface area contributed by atoms with Crippen molar-refractivity contribution in [3.05, 3.63) is 64.4 Å². The molecule has 0 saturated heterocycles. The number of sulfone groups is 1. The molecule has 0 unspecified atom stereocenters. The SMILES string of the molecule is CC(C)c1cccc(NC(=O)CS(=O)(=O)Cc2ccc(F)cc2Cl)c1. The van der Waals surface area contributed by atoms with Gasteiger partial charge in [-0.25, -0.2) is 12.8 Å². The molecule has 2 aromatic rings. The summed E-state index contributed by atoms with van der Waals surface area (Å²) in [6, 6.07) is 10.7. The van der Waals surface area contributed by atoms with Crippen molar-refractivity contribution in [3.63, 3.8) is 0 Å². The smallest absolute Gasteiger partial charge is 0.239 e. The maximum absolute atomic E-state index is 13.0. The number of rotatable bonds is 6. The Morgan fingerprint density at radius 2 is 1.92 bits per heavy atom. The molecule has 0 radical (unpaired) electrons. The molecular weight excluding hydrogens is 365 g/mol. The van der Waals surface area contributed by atoms with E-state index in [1.54, 1.807) is 12.1 Å². The fourth-order valence-corrected chi connectivity index (χ4v) is 3.91. The zero-order chi connectivity index (χ0) is 18.6. The first-order valence-corrected chi connectivity index (χ1v) is 9.90. The van der Waals surface area contributed by atoms with E-state index in [0.29, 0.717) is 11.6 Å². The van der Waals surface area contributed by atoms with Crippen molar-refractivity contribution in [1.29, 1.82) is 0 Å². The van der Waals surface area contributed by atoms with E-state index < -0.39 is 33.1 Å². The van der Waals surface area contributed by atoms with Gasteiger partial charge in [0.25, 0.3) is 0 Å². The van der Waals surface area contributed by atoms with E-state index in [-0.39, 0.29) is 10.6 Å². The molecule has 2 aromatic carbocycles. The third-order valence-electron chi connectivity index (χ3n) is 3.58. The summed E-state index contributed by atoms with van der Waals surface area (Å²) in [4.78, 5) is 12.1. The van der Waals surface area contributed by atoms with Crippen LogP contribution in [0.4, 0.5) is 10.1 Å². The van der Waals surface area contributed by atoms with E-state index >= 15 is 0 Å². The number of carbonyl (C=O) groups excluding carboxylic acids is 1. The van der Waals surface area contributed by atoms with Crippen LogP contribution in [-0.4, -0.2) is 20.1 Å². The highest BCUT2D eigenvalue weighted by Gasteiger charge is 2.19. The number of halogens is 2. The summed E-state index contributed by atoms with van der Waals surface area (Å²) in [5.74, 6) is -1.98. The van der Waals surface area contributed by atoms with Gasteiger partial charge in [-0.1, -0.05) is 43.6 Å². The second kappa shape index (κ2) is 7.97. The molecule has 0 aromatic heterocycles. The van der Waals surface area contributed by atoms with E-state index in [1.807, 2.05) is 26.0 Å². The summed E-state index contributed by atoms with van der Waals surface area (Å²) in [5.41, 5.74) is 1.85. The van der Waals surface area contributed by atoms with Gasteiger partial charge in [-0.3, -0.25) is 4.79 Å². The molecule has 0 bridgehead atoms. The Bertz CT molecular complexity index is 882. The van der Waals surface area contributed by atoms with Gasteiger partial charge in [0, 0.05) is 10.7 Å². The van der Waals surface area contributed by atoms with Crippen molar-refractivity contribution in [2.75, 3.05) is 11.1 Å². The summed E-state index contributed by atoms with van der Waals surface area (Å²) < 4.78 is 37.4. The summed E-state index contributed by atoms with van der Waals surface area (Å²) in [7, 11) is -3.73. The lowest BCUT2D eigenvalue weighted by Gasteiger charge is -2.10. The monoisotopic (exact) mass is 383 g/mol. The van der Waals surface area contributed by atoms with Gasteiger partial charge < -0.3 is 5.32 Å². The third kappa shape index (κ3) is 5.83. The molecule has 0 saturated carbocycles. The summed E-state index contributed by atoms with van der Waals surface area (Å²) in [5, 5.41) is 2.61. The second-order valence-corrected chi connectivity index (χ2v) is 8.57. The van der Waals surface area contributed by atoms with Crippen molar-refractivity contribution in [3.8, 4) is 0 Å². The fraction of sp³-hybridized carbons (Fsp3) is 0.278. The molecule has 7 heteroatoms. The highest BCUT2D eigenvalue weighted by molar-refractivity contribution is 7.91. The first kappa shape index (κ1) is 19.4. The van der Waals surface area contributed by atoms with Crippen LogP contribution in [0.5, 0.6) is 0 Å². The Morgan fingerprint density at radius 1 is 1.20 bits per heavy atom. The third-order valence-corrected chi connectivity index (χ3v) is 5.38. The molecule has 25 heavy (non-hydrogen) atoms. The summed E-state index contributed by atoms with van der Waals surface area (Å²) >= 11 is 5.84. The van der Waals surface area contributed by atoms with Crippen LogP contribution in [0.15, 0.2) is 42.5 Å². The molecule has 0 atom stereocenters. The van der Waals surface area contributed by atoms with Crippen LogP contribution in [0.2, 0.25) is 5.02 Å². The average molecular weight is 384 g/mol. The molecule has 1 amide bonds. The number of hydrogen-bond donors (Lipinski definition) is 1. The van der Waals surface area contributed by atoms with Crippen LogP contribution in [0.25, 0.3) is 0 Å². The first-order valence-electron chi connectivity index (χ1n) is 7.70. The largest absolute Gasteiger partial charge is 0.325 e. The molecule has 0 aliphatic heterocycles. The number of amides is 1. The van der Waals surface area contributed by atoms with Crippen LogP contribution in [0.1, 0.15) is 30.9 Å². The van der Waals surface area contributed by atoms with Crippen LogP contribution in [-0.2, 0) is 20.4 Å². The molecule has 0 heterocycles. The molecule has 0 aliphatic rings. The maximum atomic E-state index is 13.0. The lowest BCUT2D eigenvalue weighted by molar-refractivity contribution is -0.113. The van der Waals surface area contributed by atoms with E-state index in [4.69, 9.17) is 11.6 Å². The van der Waals surface area contributed by atoms with Crippen LogP contribution >= 0.6 is 11.6 Å². The number of hydrogen-bond acceptors (Lipinski definition) is 3. The number of nitrogens with one attached hydrogen (secondary N) is 1. The number of benzene rings is 2. The molecule has 134 valence electrons. The molecule has 1 N–H and O–H groups in total. The normalized spacial score (nSPS) is 11.6. The standard InChI is InChI=1S/C18H19ClFNO3S/c1-12(2)13-4-3-5-16(8-13)21-18(22)11-25(23,24)10-14-6-7-15(20)9-17(14)19/h3-9,12H,10-11H2,1-2H3,(H,21,22). The molecule has 0 aliphatic carbocycles. The van der Waals surface area contributed by atoms with E-state index in [1.165, 1.54) is 6.07 Å². The van der Waals surface area contributed by atoms with Crippen molar-refractivity contribution < 1.29 is 17.6 Å². The van der Waals surface area contributed by atoms with E-state index in [0.717, 1.165) is 17.7 Å². The first-order chi connectivity index (χ1) is 11.7. The Hall–Kier alpha value is -1.92. The zero-order valence-electron chi connectivity index (χ0n) is 13.9. The summed E-state index contributed by atoms with van der Waals surface area (Å²) in [6.07, 6.45) is 0. The van der Waals surface area contributed by atoms with E-state index in [9.17, 15) is 17.6 Å². The Kier molecular flexibility index (Phi) is 6.19. The number of carbonyl (C=O) groups is 1. The molecular formula is C18H19ClFNO3S. The van der Waals surface area contributed by atoms with Gasteiger partial charge in [-0.05, 0) is 41.3 Å². The fourth-order valence-electron chi connectivity index (χ4n) is 2.30. The molecule has 0 spiro atoms. The molecule has 2 rings (SSSR count). The lowest BCUT2D eigenvalue weighted by atomic mass is 10.0. The highest BCUT2D eigenvalue weighted by atomic mass is 35.5. The van der Waals surface area contributed by atoms with Crippen molar-refractivity contribution >= 4 is 33.0 Å². The van der Waals surface area contributed by atoms with Crippen LogP contribution in [0.3, 0.4) is 0 Å². The van der Waals surface area contributed by atoms with Crippen LogP contribution < -0.4 is 5.32 Å². The van der Waals surface area contributed by atoms with Gasteiger partial charge in [-0.15, -0.1) is 0 Å². The van der Waals surface area contributed by atoms with Crippen LogP contribution in [0, 0.1) is 5.82 Å². The second-order valence-electron chi connectivity index (χ2n) is 6.10. The van der Waals surface area contributed by atoms with Gasteiger partial charge in [0.05, 0.1) is 5.75 Å². The number of anilines is 1. The van der Waals surface area contributed by atoms with E-state index in [2.05, 4.69) is 5.32 Å². The van der Waals surface area contributed by atoms with Gasteiger partial charge >= 0.3 is 0 Å². The Morgan fingerprint density at radius 3 is 2.56 bits per heavy atom. The van der Waals surface area contributed by atoms with Crippen molar-refractivity contribution in [2.24, 2.45) is 0 Å². The predicted octanol–water partition coefficient (Wildman–Crippen LogP) is 4.16. The molecule has 0 fully saturated rings. The lowest BCUT2D eigenvalue weighted by Crippen LogP contribution is -2.24. The Balaban J connectivity index is 2.04. The topological polar surface area (TPSA) is 63.2 Å². The van der Waals surface area contributed by atoms with Gasteiger partial charge in [0.15, 0.2) is 9.84 Å². The Labute approximate surface area is 151 Å². The minimum atomic E-state index is -3.73. The quantitative estimate of drug-likeness (QED) is 0.814. The van der Waals surface area contributed by atoms with Gasteiger partial charge in [0.2, 0.25) is 5.91 Å². The minimum Gasteiger partial charge on any atom is -0.325 e. The van der Waals surface area contributed by atoms with Gasteiger partial charge in [0.1, 0.15) is 11.6 Å².